The van der Waals surface area contributed by atoms with E-state index >= 15 is 0 Å². The number of hydrogen-bond donors (Lipinski definition) is 1. The molecule has 4 heteroatoms. The number of aromatic nitrogens is 2. The van der Waals surface area contributed by atoms with Crippen LogP contribution >= 0.6 is 11.6 Å². The first-order valence-corrected chi connectivity index (χ1v) is 7.46. The largest absolute Gasteiger partial charge is 0.313 e. The van der Waals surface area contributed by atoms with Gasteiger partial charge in [-0.2, -0.15) is 5.10 Å². The molecule has 108 valence electrons. The number of aryl methyl sites for hydroxylation is 1. The molecular weight excluding hydrogens is 270 g/mol. The van der Waals surface area contributed by atoms with Crippen LogP contribution in [0.3, 0.4) is 0 Å². The molecule has 0 aliphatic carbocycles. The summed E-state index contributed by atoms with van der Waals surface area (Å²) in [7, 11) is 0. The summed E-state index contributed by atoms with van der Waals surface area (Å²) in [6.07, 6.45) is 2.11. The van der Waals surface area contributed by atoms with Gasteiger partial charge in [0, 0.05) is 29.4 Å². The molecule has 0 atom stereocenters. The number of halogens is 1. The number of nitrogens with one attached hydrogen (secondary N) is 1. The molecule has 0 radical (unpaired) electrons. The van der Waals surface area contributed by atoms with Crippen molar-refractivity contribution in [1.82, 2.24) is 15.1 Å². The maximum absolute atomic E-state index is 6.25. The van der Waals surface area contributed by atoms with Gasteiger partial charge >= 0.3 is 0 Å². The lowest BCUT2D eigenvalue weighted by Crippen LogP contribution is -2.12. The molecule has 20 heavy (non-hydrogen) atoms. The second kappa shape index (κ2) is 6.42. The summed E-state index contributed by atoms with van der Waals surface area (Å²) in [5.41, 5.74) is 4.53. The molecule has 0 spiro atoms. The zero-order valence-electron chi connectivity index (χ0n) is 12.6. The van der Waals surface area contributed by atoms with Crippen molar-refractivity contribution in [2.45, 2.75) is 40.3 Å². The number of hydrogen-bond acceptors (Lipinski definition) is 2. The predicted octanol–water partition coefficient (Wildman–Crippen LogP) is 4.20. The monoisotopic (exact) mass is 291 g/mol. The Morgan fingerprint density at radius 3 is 2.70 bits per heavy atom. The van der Waals surface area contributed by atoms with Gasteiger partial charge in [0.2, 0.25) is 0 Å². The summed E-state index contributed by atoms with van der Waals surface area (Å²) in [5.74, 6) is 0. The van der Waals surface area contributed by atoms with Gasteiger partial charge in [-0.15, -0.1) is 0 Å². The summed E-state index contributed by atoms with van der Waals surface area (Å²) < 4.78 is 2.00. The lowest BCUT2D eigenvalue weighted by molar-refractivity contribution is 0.529. The van der Waals surface area contributed by atoms with E-state index in [0.717, 1.165) is 29.4 Å². The van der Waals surface area contributed by atoms with Crippen LogP contribution < -0.4 is 5.32 Å². The van der Waals surface area contributed by atoms with Gasteiger partial charge in [0.1, 0.15) is 0 Å². The van der Waals surface area contributed by atoms with Crippen LogP contribution in [0.5, 0.6) is 0 Å². The summed E-state index contributed by atoms with van der Waals surface area (Å²) in [5, 5.41) is 8.69. The van der Waals surface area contributed by atoms with Gasteiger partial charge in [-0.1, -0.05) is 24.6 Å². The van der Waals surface area contributed by atoms with Crippen LogP contribution in [0.25, 0.3) is 11.1 Å². The fraction of sp³-hybridized carbons (Fsp3) is 0.438. The van der Waals surface area contributed by atoms with Gasteiger partial charge in [0.25, 0.3) is 0 Å². The van der Waals surface area contributed by atoms with Gasteiger partial charge < -0.3 is 5.32 Å². The fourth-order valence-corrected chi connectivity index (χ4v) is 2.35. The Morgan fingerprint density at radius 2 is 2.10 bits per heavy atom. The van der Waals surface area contributed by atoms with Crippen molar-refractivity contribution < 1.29 is 0 Å². The molecule has 0 amide bonds. The minimum absolute atomic E-state index is 0.371. The first-order valence-electron chi connectivity index (χ1n) is 7.08. The summed E-state index contributed by atoms with van der Waals surface area (Å²) >= 11 is 6.25. The molecular formula is C16H22ClN3. The average molecular weight is 292 g/mol. The Balaban J connectivity index is 2.37. The minimum Gasteiger partial charge on any atom is -0.313 e. The van der Waals surface area contributed by atoms with Crippen molar-refractivity contribution in [2.24, 2.45) is 0 Å². The number of rotatable bonds is 5. The number of nitrogens with zero attached hydrogens (tertiary/aromatic N) is 2. The van der Waals surface area contributed by atoms with Gasteiger partial charge in [-0.05, 0) is 50.6 Å². The average Bonchev–Trinajstić information content (AvgIpc) is 2.80. The highest BCUT2D eigenvalue weighted by Gasteiger charge is 2.11. The Labute approximate surface area is 126 Å². The molecule has 0 fully saturated rings. The summed E-state index contributed by atoms with van der Waals surface area (Å²) in [6.45, 7) is 10.1. The Hall–Kier alpha value is -1.32. The standard InChI is InChI=1S/C16H22ClN3/c1-5-18-9-14-8-13(6-7-16(14)17)15-10-20(11(2)3)19-12(15)4/h6-8,10-11,18H,5,9H2,1-4H3. The van der Waals surface area contributed by atoms with Crippen LogP contribution in [0.15, 0.2) is 24.4 Å². The third-order valence-electron chi connectivity index (χ3n) is 3.37. The smallest absolute Gasteiger partial charge is 0.0672 e. The summed E-state index contributed by atoms with van der Waals surface area (Å²) in [6, 6.07) is 6.55. The molecule has 1 aromatic carbocycles. The lowest BCUT2D eigenvalue weighted by Gasteiger charge is -2.08. The van der Waals surface area contributed by atoms with Crippen LogP contribution in [0, 0.1) is 6.92 Å². The SMILES string of the molecule is CCNCc1cc(-c2cn(C(C)C)nc2C)ccc1Cl. The quantitative estimate of drug-likeness (QED) is 0.894. The Bertz CT molecular complexity index is 587. The van der Waals surface area contributed by atoms with E-state index in [0.29, 0.717) is 6.04 Å². The predicted molar refractivity (Wildman–Crippen MR) is 85.2 cm³/mol. The van der Waals surface area contributed by atoms with E-state index in [1.54, 1.807) is 0 Å². The third kappa shape index (κ3) is 3.22. The molecule has 1 N–H and O–H groups in total. The normalized spacial score (nSPS) is 11.3. The molecule has 0 saturated carbocycles. The first-order chi connectivity index (χ1) is 9.52. The molecule has 1 aromatic heterocycles. The van der Waals surface area contributed by atoms with E-state index in [2.05, 4.69) is 49.5 Å². The molecule has 2 aromatic rings. The maximum Gasteiger partial charge on any atom is 0.0672 e. The van der Waals surface area contributed by atoms with E-state index in [1.165, 1.54) is 11.1 Å². The van der Waals surface area contributed by atoms with E-state index < -0.39 is 0 Å². The molecule has 0 aliphatic heterocycles. The van der Waals surface area contributed by atoms with E-state index in [-0.39, 0.29) is 0 Å². The van der Waals surface area contributed by atoms with Crippen molar-refractivity contribution >= 4 is 11.6 Å². The highest BCUT2D eigenvalue weighted by molar-refractivity contribution is 6.31. The molecule has 1 heterocycles. The molecule has 0 saturated heterocycles. The van der Waals surface area contributed by atoms with Gasteiger partial charge in [-0.3, -0.25) is 4.68 Å². The van der Waals surface area contributed by atoms with Gasteiger partial charge in [0.15, 0.2) is 0 Å². The second-order valence-electron chi connectivity index (χ2n) is 5.29. The van der Waals surface area contributed by atoms with Crippen molar-refractivity contribution in [3.8, 4) is 11.1 Å². The highest BCUT2D eigenvalue weighted by Crippen LogP contribution is 2.28. The second-order valence-corrected chi connectivity index (χ2v) is 5.70. The Kier molecular flexibility index (Phi) is 4.84. The molecule has 0 bridgehead atoms. The van der Waals surface area contributed by atoms with Gasteiger partial charge in [0.05, 0.1) is 5.69 Å². The van der Waals surface area contributed by atoms with E-state index in [1.807, 2.05) is 17.7 Å². The molecule has 0 unspecified atom stereocenters. The topological polar surface area (TPSA) is 29.9 Å². The van der Waals surface area contributed by atoms with Crippen molar-refractivity contribution in [3.63, 3.8) is 0 Å². The van der Waals surface area contributed by atoms with E-state index in [4.69, 9.17) is 11.6 Å². The Morgan fingerprint density at radius 1 is 1.35 bits per heavy atom. The van der Waals surface area contributed by atoms with Gasteiger partial charge in [-0.25, -0.2) is 0 Å². The van der Waals surface area contributed by atoms with E-state index in [9.17, 15) is 0 Å². The maximum atomic E-state index is 6.25. The van der Waals surface area contributed by atoms with Crippen LogP contribution in [-0.2, 0) is 6.54 Å². The number of benzene rings is 1. The van der Waals surface area contributed by atoms with Crippen molar-refractivity contribution in [3.05, 3.63) is 40.7 Å². The van der Waals surface area contributed by atoms with Crippen molar-refractivity contribution in [2.75, 3.05) is 6.54 Å². The van der Waals surface area contributed by atoms with Crippen LogP contribution in [0.4, 0.5) is 0 Å². The molecule has 2 rings (SSSR count). The first kappa shape index (κ1) is 15.1. The summed E-state index contributed by atoms with van der Waals surface area (Å²) in [4.78, 5) is 0. The minimum atomic E-state index is 0.371. The molecule has 3 nitrogen and oxygen atoms in total. The third-order valence-corrected chi connectivity index (χ3v) is 3.74. The highest BCUT2D eigenvalue weighted by atomic mass is 35.5. The molecule has 0 aliphatic rings. The zero-order chi connectivity index (χ0) is 14.7. The zero-order valence-corrected chi connectivity index (χ0v) is 13.3. The van der Waals surface area contributed by atoms with Crippen LogP contribution in [0.1, 0.15) is 38.1 Å². The fourth-order valence-electron chi connectivity index (χ4n) is 2.17. The lowest BCUT2D eigenvalue weighted by atomic mass is 10.0. The van der Waals surface area contributed by atoms with Crippen molar-refractivity contribution in [1.29, 1.82) is 0 Å². The van der Waals surface area contributed by atoms with Crippen LogP contribution in [-0.4, -0.2) is 16.3 Å². The van der Waals surface area contributed by atoms with Crippen LogP contribution in [0.2, 0.25) is 5.02 Å².